The van der Waals surface area contributed by atoms with Crippen LogP contribution < -0.4 is 5.43 Å². The van der Waals surface area contributed by atoms with Crippen LogP contribution in [0.3, 0.4) is 0 Å². The number of hydrogen-bond donors (Lipinski definition) is 1. The van der Waals surface area contributed by atoms with E-state index in [1.807, 2.05) is 6.92 Å². The molecular formula is C13H16N4O6. The van der Waals surface area contributed by atoms with Crippen LogP contribution in [-0.4, -0.2) is 28.6 Å². The van der Waals surface area contributed by atoms with Gasteiger partial charge in [-0.3, -0.25) is 30.4 Å². The van der Waals surface area contributed by atoms with E-state index in [0.717, 1.165) is 18.6 Å². The Morgan fingerprint density at radius 2 is 2.00 bits per heavy atom. The molecule has 0 aromatic heterocycles. The van der Waals surface area contributed by atoms with Gasteiger partial charge in [-0.15, -0.1) is 0 Å². The van der Waals surface area contributed by atoms with Crippen LogP contribution in [0.5, 0.6) is 0 Å². The zero-order valence-corrected chi connectivity index (χ0v) is 12.6. The van der Waals surface area contributed by atoms with Crippen molar-refractivity contribution < 1.29 is 19.4 Å². The molecule has 0 atom stereocenters. The molecule has 1 rings (SSSR count). The highest BCUT2D eigenvalue weighted by atomic mass is 16.6. The van der Waals surface area contributed by atoms with Gasteiger partial charge < -0.3 is 4.74 Å². The van der Waals surface area contributed by atoms with Crippen LogP contribution in [0.15, 0.2) is 23.3 Å². The highest BCUT2D eigenvalue weighted by molar-refractivity contribution is 5.99. The summed E-state index contributed by atoms with van der Waals surface area (Å²) in [6.07, 6.45) is 1.18. The maximum absolute atomic E-state index is 11.3. The molecule has 0 saturated carbocycles. The Balaban J connectivity index is 3.05. The second kappa shape index (κ2) is 8.41. The monoisotopic (exact) mass is 324 g/mol. The Kier molecular flexibility index (Phi) is 6.59. The molecule has 1 aromatic rings. The Morgan fingerprint density at radius 1 is 1.30 bits per heavy atom. The molecule has 1 aromatic carbocycles. The minimum Gasteiger partial charge on any atom is -0.469 e. The largest absolute Gasteiger partial charge is 0.469 e. The average molecular weight is 324 g/mol. The highest BCUT2D eigenvalue weighted by Gasteiger charge is 2.19. The van der Waals surface area contributed by atoms with Gasteiger partial charge in [0.15, 0.2) is 0 Å². The van der Waals surface area contributed by atoms with Gasteiger partial charge >= 0.3 is 11.7 Å². The van der Waals surface area contributed by atoms with E-state index in [-0.39, 0.29) is 12.1 Å². The zero-order chi connectivity index (χ0) is 17.4. The number of esters is 1. The molecule has 0 saturated heterocycles. The molecule has 10 heteroatoms. The van der Waals surface area contributed by atoms with E-state index in [1.165, 1.54) is 13.2 Å². The van der Waals surface area contributed by atoms with Crippen LogP contribution in [-0.2, 0) is 9.53 Å². The summed E-state index contributed by atoms with van der Waals surface area (Å²) >= 11 is 0. The molecule has 0 amide bonds. The maximum Gasteiger partial charge on any atom is 0.311 e. The van der Waals surface area contributed by atoms with Gasteiger partial charge in [-0.05, 0) is 12.5 Å². The second-order valence-corrected chi connectivity index (χ2v) is 4.51. The lowest BCUT2D eigenvalue weighted by Gasteiger charge is -2.06. The van der Waals surface area contributed by atoms with Crippen LogP contribution in [0.2, 0.25) is 0 Å². The summed E-state index contributed by atoms with van der Waals surface area (Å²) in [6.45, 7) is 1.89. The summed E-state index contributed by atoms with van der Waals surface area (Å²) in [4.78, 5) is 31.5. The second-order valence-electron chi connectivity index (χ2n) is 4.51. The number of anilines is 1. The van der Waals surface area contributed by atoms with E-state index >= 15 is 0 Å². The molecule has 0 aliphatic heterocycles. The van der Waals surface area contributed by atoms with Crippen molar-refractivity contribution in [3.05, 3.63) is 38.4 Å². The maximum atomic E-state index is 11.3. The molecule has 0 aliphatic carbocycles. The van der Waals surface area contributed by atoms with Gasteiger partial charge in [0.1, 0.15) is 5.69 Å². The van der Waals surface area contributed by atoms with Crippen molar-refractivity contribution >= 4 is 28.7 Å². The number of benzene rings is 1. The quantitative estimate of drug-likeness (QED) is 0.336. The molecule has 0 heterocycles. The Bertz CT molecular complexity index is 643. The number of nitrogens with zero attached hydrogens (tertiary/aromatic N) is 3. The minimum atomic E-state index is -0.745. The van der Waals surface area contributed by atoms with Crippen LogP contribution in [0, 0.1) is 20.2 Å². The number of nitro benzene ring substituents is 2. The molecule has 0 bridgehead atoms. The third kappa shape index (κ3) is 5.34. The fraction of sp³-hybridized carbons (Fsp3) is 0.385. The summed E-state index contributed by atoms with van der Waals surface area (Å²) in [5, 5.41) is 25.7. The first-order valence-corrected chi connectivity index (χ1v) is 6.70. The number of rotatable bonds is 8. The molecule has 0 fully saturated rings. The predicted octanol–water partition coefficient (Wildman–Crippen LogP) is 2.63. The third-order valence-corrected chi connectivity index (χ3v) is 2.84. The number of methoxy groups -OCH3 is 1. The number of nitrogens with one attached hydrogen (secondary N) is 1. The van der Waals surface area contributed by atoms with Crippen molar-refractivity contribution in [1.29, 1.82) is 0 Å². The fourth-order valence-corrected chi connectivity index (χ4v) is 1.73. The van der Waals surface area contributed by atoms with Crippen LogP contribution in [0.1, 0.15) is 26.2 Å². The van der Waals surface area contributed by atoms with Crippen LogP contribution in [0.25, 0.3) is 0 Å². The van der Waals surface area contributed by atoms with Crippen LogP contribution in [0.4, 0.5) is 17.1 Å². The van der Waals surface area contributed by atoms with Crippen molar-refractivity contribution in [1.82, 2.24) is 0 Å². The van der Waals surface area contributed by atoms with E-state index in [9.17, 15) is 25.0 Å². The number of carbonyl (C=O) groups is 1. The molecule has 0 spiro atoms. The number of nitro groups is 2. The van der Waals surface area contributed by atoms with Gasteiger partial charge in [-0.2, -0.15) is 5.10 Å². The summed E-state index contributed by atoms with van der Waals surface area (Å²) < 4.78 is 4.55. The fourth-order valence-electron chi connectivity index (χ4n) is 1.73. The number of hydrogen-bond acceptors (Lipinski definition) is 8. The first-order valence-electron chi connectivity index (χ1n) is 6.70. The van der Waals surface area contributed by atoms with Crippen molar-refractivity contribution in [2.24, 2.45) is 5.10 Å². The van der Waals surface area contributed by atoms with Gasteiger partial charge in [0.05, 0.1) is 29.4 Å². The van der Waals surface area contributed by atoms with E-state index in [0.29, 0.717) is 12.1 Å². The molecule has 124 valence electrons. The number of carbonyl (C=O) groups excluding carboxylic acids is 1. The van der Waals surface area contributed by atoms with Crippen molar-refractivity contribution in [3.63, 3.8) is 0 Å². The van der Waals surface area contributed by atoms with E-state index in [4.69, 9.17) is 0 Å². The van der Waals surface area contributed by atoms with Gasteiger partial charge in [-0.25, -0.2) is 0 Å². The van der Waals surface area contributed by atoms with Crippen molar-refractivity contribution in [2.75, 3.05) is 12.5 Å². The summed E-state index contributed by atoms with van der Waals surface area (Å²) in [6, 6.07) is 3.17. The van der Waals surface area contributed by atoms with Gasteiger partial charge in [0, 0.05) is 11.8 Å². The lowest BCUT2D eigenvalue weighted by atomic mass is 10.2. The molecular weight excluding hydrogens is 308 g/mol. The summed E-state index contributed by atoms with van der Waals surface area (Å²) in [5.74, 6) is -0.475. The summed E-state index contributed by atoms with van der Waals surface area (Å²) in [5.41, 5.74) is 2.09. The SMILES string of the molecule is CCC/C(CC(=O)OC)=N/Nc1ccc([N+](=O)[O-])cc1[N+](=O)[O-]. The Hall–Kier alpha value is -3.04. The Morgan fingerprint density at radius 3 is 2.52 bits per heavy atom. The molecule has 10 nitrogen and oxygen atoms in total. The van der Waals surface area contributed by atoms with E-state index in [1.54, 1.807) is 0 Å². The highest BCUT2D eigenvalue weighted by Crippen LogP contribution is 2.29. The minimum absolute atomic E-state index is 0.000862. The van der Waals surface area contributed by atoms with Crippen LogP contribution >= 0.6 is 0 Å². The topological polar surface area (TPSA) is 137 Å². The number of non-ortho nitro benzene ring substituents is 1. The zero-order valence-electron chi connectivity index (χ0n) is 12.6. The lowest BCUT2D eigenvalue weighted by molar-refractivity contribution is -0.393. The average Bonchev–Trinajstić information content (AvgIpc) is 2.52. The lowest BCUT2D eigenvalue weighted by Crippen LogP contribution is -2.11. The van der Waals surface area contributed by atoms with Gasteiger partial charge in [0.2, 0.25) is 0 Å². The molecule has 23 heavy (non-hydrogen) atoms. The van der Waals surface area contributed by atoms with Gasteiger partial charge in [0.25, 0.3) is 5.69 Å². The smallest absolute Gasteiger partial charge is 0.311 e. The van der Waals surface area contributed by atoms with E-state index in [2.05, 4.69) is 15.3 Å². The van der Waals surface area contributed by atoms with Crippen molar-refractivity contribution in [2.45, 2.75) is 26.2 Å². The molecule has 1 N–H and O–H groups in total. The molecule has 0 aliphatic rings. The normalized spacial score (nSPS) is 11.0. The third-order valence-electron chi connectivity index (χ3n) is 2.84. The first kappa shape index (κ1) is 18.0. The van der Waals surface area contributed by atoms with Gasteiger partial charge in [-0.1, -0.05) is 13.3 Å². The standard InChI is InChI=1S/C13H16N4O6/c1-3-4-9(7-13(18)23-2)14-15-11-6-5-10(16(19)20)8-12(11)17(21)22/h5-6,8,15H,3-4,7H2,1-2H3/b14-9-. The number of ether oxygens (including phenoxy) is 1. The Labute approximate surface area is 131 Å². The molecule has 0 unspecified atom stereocenters. The predicted molar refractivity (Wildman–Crippen MR) is 82.3 cm³/mol. The van der Waals surface area contributed by atoms with E-state index < -0.39 is 27.2 Å². The molecule has 0 radical (unpaired) electrons. The first-order chi connectivity index (χ1) is 10.9. The summed E-state index contributed by atoms with van der Waals surface area (Å²) in [7, 11) is 1.25. The number of hydrazone groups is 1. The van der Waals surface area contributed by atoms with Crippen molar-refractivity contribution in [3.8, 4) is 0 Å².